The second-order valence-electron chi connectivity index (χ2n) is 5.24. The van der Waals surface area contributed by atoms with Crippen molar-refractivity contribution in [1.82, 2.24) is 9.47 Å². The number of nitrogens with zero attached hydrogens (tertiary/aromatic N) is 2. The molecule has 106 valence electrons. The molecule has 0 saturated carbocycles. The molecule has 5 heteroatoms. The first-order chi connectivity index (χ1) is 9.78. The van der Waals surface area contributed by atoms with E-state index < -0.39 is 0 Å². The monoisotopic (exact) mass is 289 g/mol. The number of carbonyl (C=O) groups is 1. The summed E-state index contributed by atoms with van der Waals surface area (Å²) in [6, 6.07) is 7.99. The Morgan fingerprint density at radius 1 is 1.40 bits per heavy atom. The minimum absolute atomic E-state index is 0.127. The first-order valence-electron chi connectivity index (χ1n) is 6.95. The molecule has 2 aromatic rings. The fraction of sp³-hybridized carbons (Fsp3) is 0.400. The molecule has 0 radical (unpaired) electrons. The van der Waals surface area contributed by atoms with E-state index in [9.17, 15) is 4.79 Å². The van der Waals surface area contributed by atoms with E-state index in [2.05, 4.69) is 11.4 Å². The van der Waals surface area contributed by atoms with Crippen molar-refractivity contribution in [2.45, 2.75) is 13.0 Å². The van der Waals surface area contributed by atoms with Gasteiger partial charge >= 0.3 is 0 Å². The van der Waals surface area contributed by atoms with Crippen LogP contribution in [0.5, 0.6) is 0 Å². The van der Waals surface area contributed by atoms with E-state index in [1.165, 1.54) is 4.88 Å². The van der Waals surface area contributed by atoms with Crippen molar-refractivity contribution in [2.24, 2.45) is 11.7 Å². The molecular weight excluding hydrogens is 270 g/mol. The summed E-state index contributed by atoms with van der Waals surface area (Å²) >= 11 is 1.72. The zero-order chi connectivity index (χ0) is 13.9. The molecule has 4 nitrogen and oxygen atoms in total. The van der Waals surface area contributed by atoms with Crippen LogP contribution in [0.15, 0.2) is 35.8 Å². The van der Waals surface area contributed by atoms with Crippen LogP contribution in [0.4, 0.5) is 0 Å². The highest BCUT2D eigenvalue weighted by atomic mass is 32.1. The van der Waals surface area contributed by atoms with Gasteiger partial charge in [0.15, 0.2) is 0 Å². The predicted molar refractivity (Wildman–Crippen MR) is 80.9 cm³/mol. The Morgan fingerprint density at radius 3 is 3.00 bits per heavy atom. The van der Waals surface area contributed by atoms with Gasteiger partial charge in [0.25, 0.3) is 5.91 Å². The van der Waals surface area contributed by atoms with E-state index in [4.69, 9.17) is 5.73 Å². The van der Waals surface area contributed by atoms with Gasteiger partial charge in [-0.05, 0) is 42.5 Å². The molecule has 1 fully saturated rings. The van der Waals surface area contributed by atoms with Crippen LogP contribution in [-0.2, 0) is 6.54 Å². The molecule has 1 unspecified atom stereocenters. The van der Waals surface area contributed by atoms with Crippen molar-refractivity contribution in [3.63, 3.8) is 0 Å². The molecule has 1 aliphatic heterocycles. The normalized spacial score (nSPS) is 18.6. The average molecular weight is 289 g/mol. The summed E-state index contributed by atoms with van der Waals surface area (Å²) in [5.74, 6) is 0.585. The largest absolute Gasteiger partial charge is 0.338 e. The van der Waals surface area contributed by atoms with E-state index >= 15 is 0 Å². The first-order valence-corrected chi connectivity index (χ1v) is 7.82. The lowest BCUT2D eigenvalue weighted by molar-refractivity contribution is 0.0777. The van der Waals surface area contributed by atoms with Crippen molar-refractivity contribution < 1.29 is 4.79 Å². The zero-order valence-electron chi connectivity index (χ0n) is 11.4. The van der Waals surface area contributed by atoms with Gasteiger partial charge in [0.05, 0.1) is 6.54 Å². The smallest absolute Gasteiger partial charge is 0.270 e. The molecule has 20 heavy (non-hydrogen) atoms. The van der Waals surface area contributed by atoms with Crippen LogP contribution in [0.2, 0.25) is 0 Å². The third kappa shape index (κ3) is 2.64. The van der Waals surface area contributed by atoms with Gasteiger partial charge in [-0.2, -0.15) is 0 Å². The van der Waals surface area contributed by atoms with E-state index in [0.717, 1.165) is 31.7 Å². The van der Waals surface area contributed by atoms with Crippen molar-refractivity contribution in [1.29, 1.82) is 0 Å². The molecule has 2 aromatic heterocycles. The Morgan fingerprint density at radius 2 is 2.30 bits per heavy atom. The molecule has 0 aliphatic carbocycles. The van der Waals surface area contributed by atoms with Gasteiger partial charge in [0, 0.05) is 24.2 Å². The van der Waals surface area contributed by atoms with Gasteiger partial charge in [-0.3, -0.25) is 4.79 Å². The van der Waals surface area contributed by atoms with E-state index in [-0.39, 0.29) is 5.91 Å². The van der Waals surface area contributed by atoms with E-state index in [1.54, 1.807) is 11.3 Å². The molecule has 1 amide bonds. The van der Waals surface area contributed by atoms with Crippen molar-refractivity contribution in [3.8, 4) is 0 Å². The third-order valence-corrected chi connectivity index (χ3v) is 4.72. The van der Waals surface area contributed by atoms with Gasteiger partial charge in [-0.1, -0.05) is 6.07 Å². The van der Waals surface area contributed by atoms with Crippen molar-refractivity contribution in [2.75, 3.05) is 19.6 Å². The van der Waals surface area contributed by atoms with Crippen LogP contribution in [-0.4, -0.2) is 35.0 Å². The SMILES string of the molecule is NCC1CCN(C(=O)c2cccn2Cc2cccs2)C1. The van der Waals surface area contributed by atoms with Crippen LogP contribution in [0, 0.1) is 5.92 Å². The van der Waals surface area contributed by atoms with Crippen LogP contribution in [0.25, 0.3) is 0 Å². The van der Waals surface area contributed by atoms with Gasteiger partial charge in [0.1, 0.15) is 5.69 Å². The summed E-state index contributed by atoms with van der Waals surface area (Å²) < 4.78 is 2.03. The quantitative estimate of drug-likeness (QED) is 0.936. The topological polar surface area (TPSA) is 51.3 Å². The van der Waals surface area contributed by atoms with Crippen LogP contribution in [0.1, 0.15) is 21.8 Å². The predicted octanol–water partition coefficient (Wildman–Crippen LogP) is 2.02. The molecular formula is C15H19N3OS. The molecule has 3 rings (SSSR count). The minimum Gasteiger partial charge on any atom is -0.338 e. The Labute approximate surface area is 122 Å². The van der Waals surface area contributed by atoms with Crippen LogP contribution < -0.4 is 5.73 Å². The summed E-state index contributed by atoms with van der Waals surface area (Å²) in [5.41, 5.74) is 6.47. The molecule has 0 spiro atoms. The lowest BCUT2D eigenvalue weighted by atomic mass is 10.1. The third-order valence-electron chi connectivity index (χ3n) is 3.86. The van der Waals surface area contributed by atoms with Gasteiger partial charge in [-0.15, -0.1) is 11.3 Å². The van der Waals surface area contributed by atoms with Gasteiger partial charge in [-0.25, -0.2) is 0 Å². The van der Waals surface area contributed by atoms with Crippen LogP contribution in [0.3, 0.4) is 0 Å². The number of rotatable bonds is 4. The maximum absolute atomic E-state index is 12.6. The Bertz CT molecular complexity index is 576. The van der Waals surface area contributed by atoms with Crippen molar-refractivity contribution >= 4 is 17.2 Å². The molecule has 1 atom stereocenters. The number of thiophene rings is 1. The number of nitrogens with two attached hydrogens (primary N) is 1. The second-order valence-corrected chi connectivity index (χ2v) is 6.27. The van der Waals surface area contributed by atoms with E-state index in [1.807, 2.05) is 33.9 Å². The fourth-order valence-electron chi connectivity index (χ4n) is 2.69. The lowest BCUT2D eigenvalue weighted by Gasteiger charge is -2.17. The van der Waals surface area contributed by atoms with Crippen molar-refractivity contribution in [3.05, 3.63) is 46.4 Å². The summed E-state index contributed by atoms with van der Waals surface area (Å²) in [5, 5.41) is 2.06. The molecule has 1 saturated heterocycles. The highest BCUT2D eigenvalue weighted by Crippen LogP contribution is 2.19. The highest BCUT2D eigenvalue weighted by molar-refractivity contribution is 7.09. The summed E-state index contributed by atoms with van der Waals surface area (Å²) in [6.07, 6.45) is 3.00. The Balaban J connectivity index is 1.74. The fourth-order valence-corrected chi connectivity index (χ4v) is 3.39. The Kier molecular flexibility index (Phi) is 3.89. The molecule has 1 aliphatic rings. The zero-order valence-corrected chi connectivity index (χ0v) is 12.2. The van der Waals surface area contributed by atoms with E-state index in [0.29, 0.717) is 12.5 Å². The molecule has 0 aromatic carbocycles. The number of aromatic nitrogens is 1. The molecule has 2 N–H and O–H groups in total. The Hall–Kier alpha value is -1.59. The average Bonchev–Trinajstić information content (AvgIpc) is 3.20. The number of hydrogen-bond donors (Lipinski definition) is 1. The number of amides is 1. The summed E-state index contributed by atoms with van der Waals surface area (Å²) in [4.78, 5) is 15.8. The maximum atomic E-state index is 12.6. The van der Waals surface area contributed by atoms with Crippen LogP contribution >= 0.6 is 11.3 Å². The van der Waals surface area contributed by atoms with Gasteiger partial charge < -0.3 is 15.2 Å². The molecule has 0 bridgehead atoms. The highest BCUT2D eigenvalue weighted by Gasteiger charge is 2.27. The maximum Gasteiger partial charge on any atom is 0.270 e. The standard InChI is InChI=1S/C15H19N3OS/c16-9-12-5-7-18(10-12)15(19)14-4-1-6-17(14)11-13-3-2-8-20-13/h1-4,6,8,12H,5,7,9-11,16H2. The second kappa shape index (κ2) is 5.81. The molecule has 3 heterocycles. The number of carbonyl (C=O) groups excluding carboxylic acids is 1. The number of likely N-dealkylation sites (tertiary alicyclic amines) is 1. The first kappa shape index (κ1) is 13.4. The lowest BCUT2D eigenvalue weighted by Crippen LogP contribution is -2.31. The van der Waals surface area contributed by atoms with Gasteiger partial charge in [0.2, 0.25) is 0 Å². The number of hydrogen-bond acceptors (Lipinski definition) is 3. The minimum atomic E-state index is 0.127. The summed E-state index contributed by atoms with van der Waals surface area (Å²) in [6.45, 7) is 3.05. The summed E-state index contributed by atoms with van der Waals surface area (Å²) in [7, 11) is 0.